The second-order valence-corrected chi connectivity index (χ2v) is 5.60. The molecule has 0 amide bonds. The van der Waals surface area contributed by atoms with Crippen LogP contribution in [-0.4, -0.2) is 46.7 Å². The quantitative estimate of drug-likeness (QED) is 0.843. The van der Waals surface area contributed by atoms with Crippen LogP contribution in [0.3, 0.4) is 0 Å². The molecular formula is C17H21N5O2. The van der Waals surface area contributed by atoms with Gasteiger partial charge in [0.05, 0.1) is 6.61 Å². The topological polar surface area (TPSA) is 80.2 Å². The van der Waals surface area contributed by atoms with Crippen molar-refractivity contribution in [3.8, 4) is 0 Å². The number of pyridine rings is 1. The summed E-state index contributed by atoms with van der Waals surface area (Å²) in [5.41, 5.74) is 0.465. The predicted molar refractivity (Wildman–Crippen MR) is 91.1 cm³/mol. The number of nitrogens with zero attached hydrogens (tertiary/aromatic N) is 4. The molecule has 2 aromatic heterocycles. The van der Waals surface area contributed by atoms with Crippen molar-refractivity contribution < 1.29 is 9.53 Å². The number of aromatic nitrogens is 3. The van der Waals surface area contributed by atoms with Crippen LogP contribution in [0.15, 0.2) is 36.8 Å². The molecule has 0 aliphatic carbocycles. The molecule has 3 rings (SSSR count). The number of anilines is 2. The standard InChI is InChI=1S/C17H21N5O2/c1-2-24-16(23)14-7-3-8-18-15(14)21-13-6-4-11-22(12-13)17-19-9-5-10-20-17/h3,5,7-10,13H,2,4,6,11-12H2,1H3,(H,18,21)/t13-/m0/s1. The summed E-state index contributed by atoms with van der Waals surface area (Å²) in [6, 6.07) is 5.45. The van der Waals surface area contributed by atoms with E-state index in [1.807, 2.05) is 6.07 Å². The molecule has 1 aliphatic rings. The van der Waals surface area contributed by atoms with Crippen LogP contribution in [-0.2, 0) is 4.74 Å². The number of rotatable bonds is 5. The first-order valence-corrected chi connectivity index (χ1v) is 8.18. The summed E-state index contributed by atoms with van der Waals surface area (Å²) >= 11 is 0. The van der Waals surface area contributed by atoms with Gasteiger partial charge >= 0.3 is 5.97 Å². The first-order chi connectivity index (χ1) is 11.8. The zero-order valence-electron chi connectivity index (χ0n) is 13.7. The van der Waals surface area contributed by atoms with E-state index in [9.17, 15) is 4.79 Å². The lowest BCUT2D eigenvalue weighted by Gasteiger charge is -2.33. The Morgan fingerprint density at radius 3 is 2.88 bits per heavy atom. The fraction of sp³-hybridized carbons (Fsp3) is 0.412. The lowest BCUT2D eigenvalue weighted by molar-refractivity contribution is 0.0527. The largest absolute Gasteiger partial charge is 0.462 e. The van der Waals surface area contributed by atoms with Crippen LogP contribution in [0.2, 0.25) is 0 Å². The molecule has 1 aliphatic heterocycles. The molecule has 2 aromatic rings. The van der Waals surface area contributed by atoms with Gasteiger partial charge in [-0.1, -0.05) is 0 Å². The highest BCUT2D eigenvalue weighted by Crippen LogP contribution is 2.20. The van der Waals surface area contributed by atoms with Crippen molar-refractivity contribution in [2.45, 2.75) is 25.8 Å². The molecule has 1 fully saturated rings. The van der Waals surface area contributed by atoms with Gasteiger partial charge < -0.3 is 15.0 Å². The van der Waals surface area contributed by atoms with E-state index in [1.54, 1.807) is 37.6 Å². The van der Waals surface area contributed by atoms with Gasteiger partial charge in [0, 0.05) is 37.7 Å². The van der Waals surface area contributed by atoms with E-state index in [2.05, 4.69) is 25.2 Å². The Bertz CT molecular complexity index is 680. The van der Waals surface area contributed by atoms with Crippen LogP contribution >= 0.6 is 0 Å². The maximum atomic E-state index is 12.1. The first-order valence-electron chi connectivity index (χ1n) is 8.18. The average molecular weight is 327 g/mol. The molecular weight excluding hydrogens is 306 g/mol. The number of hydrogen-bond donors (Lipinski definition) is 1. The molecule has 1 atom stereocenters. The van der Waals surface area contributed by atoms with Crippen molar-refractivity contribution >= 4 is 17.7 Å². The highest BCUT2D eigenvalue weighted by Gasteiger charge is 2.23. The Morgan fingerprint density at radius 2 is 2.08 bits per heavy atom. The number of piperidine rings is 1. The van der Waals surface area contributed by atoms with E-state index in [0.717, 1.165) is 31.9 Å². The fourth-order valence-electron chi connectivity index (χ4n) is 2.82. The van der Waals surface area contributed by atoms with Gasteiger partial charge in [-0.2, -0.15) is 0 Å². The van der Waals surface area contributed by atoms with Gasteiger partial charge in [0.1, 0.15) is 11.4 Å². The third kappa shape index (κ3) is 3.79. The van der Waals surface area contributed by atoms with Gasteiger partial charge in [-0.15, -0.1) is 0 Å². The molecule has 0 radical (unpaired) electrons. The zero-order valence-corrected chi connectivity index (χ0v) is 13.7. The summed E-state index contributed by atoms with van der Waals surface area (Å²) in [6.07, 6.45) is 7.19. The van der Waals surface area contributed by atoms with Crippen molar-refractivity contribution in [2.24, 2.45) is 0 Å². The highest BCUT2D eigenvalue weighted by atomic mass is 16.5. The maximum absolute atomic E-state index is 12.1. The van der Waals surface area contributed by atoms with Crippen LogP contribution in [0, 0.1) is 0 Å². The molecule has 1 N–H and O–H groups in total. The summed E-state index contributed by atoms with van der Waals surface area (Å²) < 4.78 is 5.10. The van der Waals surface area contributed by atoms with Gasteiger partial charge in [-0.3, -0.25) is 0 Å². The van der Waals surface area contributed by atoms with E-state index < -0.39 is 0 Å². The van der Waals surface area contributed by atoms with Gasteiger partial charge in [0.15, 0.2) is 0 Å². The minimum Gasteiger partial charge on any atom is -0.462 e. The SMILES string of the molecule is CCOC(=O)c1cccnc1N[C@H]1CCCN(c2ncccn2)C1. The third-order valence-electron chi connectivity index (χ3n) is 3.90. The van der Waals surface area contributed by atoms with Crippen molar-refractivity contribution in [1.82, 2.24) is 15.0 Å². The molecule has 7 nitrogen and oxygen atoms in total. The van der Waals surface area contributed by atoms with E-state index in [1.165, 1.54) is 0 Å². The Hall–Kier alpha value is -2.70. The Kier molecular flexibility index (Phi) is 5.20. The zero-order chi connectivity index (χ0) is 16.8. The Morgan fingerprint density at radius 1 is 1.29 bits per heavy atom. The second-order valence-electron chi connectivity index (χ2n) is 5.60. The van der Waals surface area contributed by atoms with E-state index >= 15 is 0 Å². The van der Waals surface area contributed by atoms with Gasteiger partial charge in [-0.25, -0.2) is 19.7 Å². The molecule has 0 aromatic carbocycles. The normalized spacial score (nSPS) is 17.4. The minimum atomic E-state index is -0.354. The molecule has 0 saturated carbocycles. The summed E-state index contributed by atoms with van der Waals surface area (Å²) in [5, 5.41) is 3.38. The molecule has 0 unspecified atom stereocenters. The van der Waals surface area contributed by atoms with E-state index in [-0.39, 0.29) is 12.0 Å². The number of carbonyl (C=O) groups is 1. The Labute approximate surface area is 141 Å². The van der Waals surface area contributed by atoms with Crippen molar-refractivity contribution in [2.75, 3.05) is 29.9 Å². The summed E-state index contributed by atoms with van der Waals surface area (Å²) in [7, 11) is 0. The summed E-state index contributed by atoms with van der Waals surface area (Å²) in [4.78, 5) is 27.1. The summed E-state index contributed by atoms with van der Waals surface area (Å²) in [5.74, 6) is 0.944. The predicted octanol–water partition coefficient (Wildman–Crippen LogP) is 2.13. The van der Waals surface area contributed by atoms with Gasteiger partial charge in [0.25, 0.3) is 0 Å². The van der Waals surface area contributed by atoms with E-state index in [4.69, 9.17) is 4.74 Å². The van der Waals surface area contributed by atoms with Crippen LogP contribution in [0.4, 0.5) is 11.8 Å². The van der Waals surface area contributed by atoms with Crippen molar-refractivity contribution in [3.63, 3.8) is 0 Å². The number of hydrogen-bond acceptors (Lipinski definition) is 7. The van der Waals surface area contributed by atoms with Gasteiger partial charge in [-0.05, 0) is 38.0 Å². The lowest BCUT2D eigenvalue weighted by Crippen LogP contribution is -2.43. The molecule has 0 spiro atoms. The molecule has 0 bridgehead atoms. The monoisotopic (exact) mass is 327 g/mol. The third-order valence-corrected chi connectivity index (χ3v) is 3.90. The average Bonchev–Trinajstić information content (AvgIpc) is 2.63. The summed E-state index contributed by atoms with van der Waals surface area (Å²) in [6.45, 7) is 3.83. The second kappa shape index (κ2) is 7.72. The van der Waals surface area contributed by atoms with Crippen molar-refractivity contribution in [1.29, 1.82) is 0 Å². The lowest BCUT2D eigenvalue weighted by atomic mass is 10.1. The molecule has 126 valence electrons. The van der Waals surface area contributed by atoms with Crippen LogP contribution in [0.5, 0.6) is 0 Å². The highest BCUT2D eigenvalue weighted by molar-refractivity contribution is 5.94. The number of nitrogens with one attached hydrogen (secondary N) is 1. The molecule has 24 heavy (non-hydrogen) atoms. The van der Waals surface area contributed by atoms with Crippen LogP contribution in [0.25, 0.3) is 0 Å². The van der Waals surface area contributed by atoms with Crippen LogP contribution < -0.4 is 10.2 Å². The molecule has 3 heterocycles. The number of carbonyl (C=O) groups excluding carboxylic acids is 1. The maximum Gasteiger partial charge on any atom is 0.341 e. The minimum absolute atomic E-state index is 0.172. The Balaban J connectivity index is 1.71. The molecule has 1 saturated heterocycles. The van der Waals surface area contributed by atoms with Crippen molar-refractivity contribution in [3.05, 3.63) is 42.4 Å². The smallest absolute Gasteiger partial charge is 0.341 e. The van der Waals surface area contributed by atoms with Crippen LogP contribution in [0.1, 0.15) is 30.1 Å². The first kappa shape index (κ1) is 16.2. The molecule has 7 heteroatoms. The number of esters is 1. The van der Waals surface area contributed by atoms with E-state index in [0.29, 0.717) is 18.0 Å². The fourth-order valence-corrected chi connectivity index (χ4v) is 2.82. The van der Waals surface area contributed by atoms with Gasteiger partial charge in [0.2, 0.25) is 5.95 Å². The number of ether oxygens (including phenoxy) is 1.